The molecule has 2 nitrogen and oxygen atoms in total. The quantitative estimate of drug-likeness (QED) is 0.873. The smallest absolute Gasteiger partial charge is 0.261 e. The Balaban J connectivity index is 2.16. The first-order chi connectivity index (χ1) is 11.0. The van der Waals surface area contributed by atoms with E-state index in [0.717, 1.165) is 19.5 Å². The van der Waals surface area contributed by atoms with Gasteiger partial charge in [0.15, 0.2) is 0 Å². The van der Waals surface area contributed by atoms with E-state index < -0.39 is 8.32 Å². The lowest BCUT2D eigenvalue weighted by Crippen LogP contribution is -2.67. The van der Waals surface area contributed by atoms with Crippen LogP contribution in [0.2, 0.25) is 5.04 Å². The Morgan fingerprint density at radius 3 is 1.83 bits per heavy atom. The molecule has 1 N–H and O–H groups in total. The van der Waals surface area contributed by atoms with Crippen LogP contribution in [0, 0.1) is 0 Å². The van der Waals surface area contributed by atoms with E-state index >= 15 is 0 Å². The van der Waals surface area contributed by atoms with Gasteiger partial charge >= 0.3 is 0 Å². The average Bonchev–Trinajstić information content (AvgIpc) is 3.06. The fourth-order valence-corrected chi connectivity index (χ4v) is 8.39. The first-order valence-electron chi connectivity index (χ1n) is 8.53. The number of nitrogens with one attached hydrogen (secondary N) is 1. The van der Waals surface area contributed by atoms with Crippen molar-refractivity contribution in [2.24, 2.45) is 0 Å². The SMILES string of the molecule is CC(C)(C)[Si](OC1CCNC1)(c1ccccc1)c1ccccc1. The van der Waals surface area contributed by atoms with Crippen LogP contribution in [0.1, 0.15) is 27.2 Å². The molecule has 23 heavy (non-hydrogen) atoms. The third-order valence-corrected chi connectivity index (χ3v) is 9.87. The lowest BCUT2D eigenvalue weighted by molar-refractivity contribution is 0.207. The second kappa shape index (κ2) is 6.60. The second-order valence-corrected chi connectivity index (χ2v) is 11.6. The van der Waals surface area contributed by atoms with E-state index in [1.807, 2.05) is 0 Å². The molecule has 122 valence electrons. The average molecular weight is 326 g/mol. The molecule has 1 atom stereocenters. The van der Waals surface area contributed by atoms with Gasteiger partial charge in [0.2, 0.25) is 0 Å². The standard InChI is InChI=1S/C20H27NOSi/c1-20(2,3)23(18-10-6-4-7-11-18,19-12-8-5-9-13-19)22-17-14-15-21-16-17/h4-13,17,21H,14-16H2,1-3H3. The summed E-state index contributed by atoms with van der Waals surface area (Å²) in [5, 5.41) is 6.25. The molecule has 0 spiro atoms. The van der Waals surface area contributed by atoms with Crippen LogP contribution in [0.4, 0.5) is 0 Å². The Labute approximate surface area is 141 Å². The Morgan fingerprint density at radius 1 is 0.913 bits per heavy atom. The van der Waals surface area contributed by atoms with E-state index in [2.05, 4.69) is 86.8 Å². The Bertz CT molecular complexity index is 576. The van der Waals surface area contributed by atoms with Gasteiger partial charge in [0, 0.05) is 6.54 Å². The van der Waals surface area contributed by atoms with Crippen LogP contribution >= 0.6 is 0 Å². The highest BCUT2D eigenvalue weighted by Gasteiger charge is 2.51. The van der Waals surface area contributed by atoms with Crippen molar-refractivity contribution in [2.75, 3.05) is 13.1 Å². The maximum absolute atomic E-state index is 7.01. The first-order valence-corrected chi connectivity index (χ1v) is 10.4. The van der Waals surface area contributed by atoms with Crippen LogP contribution < -0.4 is 15.7 Å². The maximum Gasteiger partial charge on any atom is 0.261 e. The number of hydrogen-bond donors (Lipinski definition) is 1. The number of benzene rings is 2. The van der Waals surface area contributed by atoms with E-state index in [-0.39, 0.29) is 5.04 Å². The van der Waals surface area contributed by atoms with Crippen molar-refractivity contribution in [1.29, 1.82) is 0 Å². The third kappa shape index (κ3) is 3.14. The Hall–Kier alpha value is -1.42. The molecule has 1 aliphatic rings. The number of rotatable bonds is 4. The fourth-order valence-electron chi connectivity index (χ4n) is 3.67. The summed E-state index contributed by atoms with van der Waals surface area (Å²) in [5.41, 5.74) is 0. The summed E-state index contributed by atoms with van der Waals surface area (Å²) < 4.78 is 7.01. The summed E-state index contributed by atoms with van der Waals surface area (Å²) in [5.74, 6) is 0. The van der Waals surface area contributed by atoms with Crippen molar-refractivity contribution in [3.05, 3.63) is 60.7 Å². The van der Waals surface area contributed by atoms with Gasteiger partial charge in [-0.2, -0.15) is 0 Å². The van der Waals surface area contributed by atoms with Gasteiger partial charge in [0.05, 0.1) is 6.10 Å². The van der Waals surface area contributed by atoms with Crippen molar-refractivity contribution >= 4 is 18.7 Å². The summed E-state index contributed by atoms with van der Waals surface area (Å²) in [7, 11) is -2.35. The van der Waals surface area contributed by atoms with Gasteiger partial charge in [-0.05, 0) is 28.4 Å². The van der Waals surface area contributed by atoms with E-state index in [0.29, 0.717) is 6.10 Å². The Kier molecular flexibility index (Phi) is 4.71. The van der Waals surface area contributed by atoms with E-state index in [1.54, 1.807) is 0 Å². The molecule has 3 heteroatoms. The van der Waals surface area contributed by atoms with E-state index in [4.69, 9.17) is 4.43 Å². The van der Waals surface area contributed by atoms with Gasteiger partial charge in [0.25, 0.3) is 8.32 Å². The molecule has 1 unspecified atom stereocenters. The highest BCUT2D eigenvalue weighted by molar-refractivity contribution is 6.99. The van der Waals surface area contributed by atoms with Gasteiger partial charge in [-0.1, -0.05) is 81.4 Å². The minimum Gasteiger partial charge on any atom is -0.403 e. The molecule has 0 amide bonds. The molecule has 1 heterocycles. The van der Waals surface area contributed by atoms with Crippen LogP contribution in [0.15, 0.2) is 60.7 Å². The largest absolute Gasteiger partial charge is 0.403 e. The van der Waals surface area contributed by atoms with Gasteiger partial charge in [-0.25, -0.2) is 0 Å². The zero-order valence-electron chi connectivity index (χ0n) is 14.4. The van der Waals surface area contributed by atoms with Crippen LogP contribution in [0.25, 0.3) is 0 Å². The van der Waals surface area contributed by atoms with Crippen LogP contribution in [-0.2, 0) is 4.43 Å². The molecule has 0 bridgehead atoms. The first kappa shape index (κ1) is 16.4. The van der Waals surface area contributed by atoms with Gasteiger partial charge in [-0.15, -0.1) is 0 Å². The maximum atomic E-state index is 7.01. The predicted molar refractivity (Wildman–Crippen MR) is 100.0 cm³/mol. The highest BCUT2D eigenvalue weighted by Crippen LogP contribution is 2.37. The molecule has 0 aliphatic carbocycles. The van der Waals surface area contributed by atoms with Crippen molar-refractivity contribution < 1.29 is 4.43 Å². The third-order valence-electron chi connectivity index (χ3n) is 4.78. The lowest BCUT2D eigenvalue weighted by Gasteiger charge is -2.44. The topological polar surface area (TPSA) is 21.3 Å². The minimum absolute atomic E-state index is 0.0678. The molecule has 0 aromatic heterocycles. The molecular formula is C20H27NOSi. The van der Waals surface area contributed by atoms with Gasteiger partial charge in [-0.3, -0.25) is 0 Å². The lowest BCUT2D eigenvalue weighted by atomic mass is 10.2. The van der Waals surface area contributed by atoms with Crippen LogP contribution in [-0.4, -0.2) is 27.5 Å². The molecule has 1 fully saturated rings. The summed E-state index contributed by atoms with van der Waals surface area (Å²) in [4.78, 5) is 0. The van der Waals surface area contributed by atoms with Crippen LogP contribution in [0.3, 0.4) is 0 Å². The highest BCUT2D eigenvalue weighted by atomic mass is 28.4. The summed E-state index contributed by atoms with van der Waals surface area (Å²) in [6, 6.07) is 21.8. The van der Waals surface area contributed by atoms with Crippen molar-refractivity contribution in [2.45, 2.75) is 38.3 Å². The molecule has 2 aromatic carbocycles. The second-order valence-electron chi connectivity index (χ2n) is 7.40. The molecular weight excluding hydrogens is 298 g/mol. The zero-order chi connectivity index (χ0) is 16.3. The minimum atomic E-state index is -2.35. The monoisotopic (exact) mass is 325 g/mol. The Morgan fingerprint density at radius 2 is 1.43 bits per heavy atom. The van der Waals surface area contributed by atoms with Crippen LogP contribution in [0.5, 0.6) is 0 Å². The zero-order valence-corrected chi connectivity index (χ0v) is 15.4. The summed E-state index contributed by atoms with van der Waals surface area (Å²) in [6.07, 6.45) is 1.41. The van der Waals surface area contributed by atoms with Gasteiger partial charge < -0.3 is 9.74 Å². The molecule has 0 radical (unpaired) electrons. The normalized spacial score (nSPS) is 19.0. The van der Waals surface area contributed by atoms with Crippen molar-refractivity contribution in [1.82, 2.24) is 5.32 Å². The summed E-state index contributed by atoms with van der Waals surface area (Å²) in [6.45, 7) is 9.03. The van der Waals surface area contributed by atoms with Crippen molar-refractivity contribution in [3.8, 4) is 0 Å². The van der Waals surface area contributed by atoms with Crippen molar-refractivity contribution in [3.63, 3.8) is 0 Å². The summed E-state index contributed by atoms with van der Waals surface area (Å²) >= 11 is 0. The predicted octanol–water partition coefficient (Wildman–Crippen LogP) is 2.92. The number of hydrogen-bond acceptors (Lipinski definition) is 2. The fraction of sp³-hybridized carbons (Fsp3) is 0.400. The molecule has 1 saturated heterocycles. The van der Waals surface area contributed by atoms with E-state index in [1.165, 1.54) is 10.4 Å². The molecule has 2 aromatic rings. The molecule has 3 rings (SSSR count). The molecule has 0 saturated carbocycles. The van der Waals surface area contributed by atoms with E-state index in [9.17, 15) is 0 Å². The molecule has 1 aliphatic heterocycles. The van der Waals surface area contributed by atoms with Gasteiger partial charge in [0.1, 0.15) is 0 Å².